The Bertz CT molecular complexity index is 419. The summed E-state index contributed by atoms with van der Waals surface area (Å²) in [6.07, 6.45) is 6.64. The van der Waals surface area contributed by atoms with E-state index < -0.39 is 0 Å². The highest BCUT2D eigenvalue weighted by molar-refractivity contribution is 5.35. The number of nitrogens with zero attached hydrogens (tertiary/aromatic N) is 1. The van der Waals surface area contributed by atoms with Crippen LogP contribution in [-0.4, -0.2) is 31.6 Å². The molecule has 1 fully saturated rings. The molecule has 104 valence electrons. The smallest absolute Gasteiger partial charge is 0.0205 e. The van der Waals surface area contributed by atoms with Crippen molar-refractivity contribution in [2.45, 2.75) is 38.6 Å². The van der Waals surface area contributed by atoms with Crippen molar-refractivity contribution in [3.8, 4) is 0 Å². The molecule has 1 N–H and O–H groups in total. The zero-order valence-corrected chi connectivity index (χ0v) is 12.1. The van der Waals surface area contributed by atoms with E-state index >= 15 is 0 Å². The fourth-order valence-electron chi connectivity index (χ4n) is 3.42. The lowest BCUT2D eigenvalue weighted by Crippen LogP contribution is -2.34. The molecule has 1 aliphatic heterocycles. The first-order valence-electron chi connectivity index (χ1n) is 7.81. The summed E-state index contributed by atoms with van der Waals surface area (Å²) in [6.45, 7) is 4.76. The second-order valence-electron chi connectivity index (χ2n) is 6.33. The Hall–Kier alpha value is -0.860. The largest absolute Gasteiger partial charge is 0.312 e. The fraction of sp³-hybridized carbons (Fsp3) is 0.647. The Labute approximate surface area is 117 Å². The van der Waals surface area contributed by atoms with Crippen LogP contribution in [0.15, 0.2) is 18.2 Å². The van der Waals surface area contributed by atoms with Gasteiger partial charge in [-0.25, -0.2) is 0 Å². The molecule has 2 nitrogen and oxygen atoms in total. The van der Waals surface area contributed by atoms with Crippen LogP contribution in [0.2, 0.25) is 0 Å². The molecule has 0 amide bonds. The molecule has 0 spiro atoms. The number of hydrogen-bond acceptors (Lipinski definition) is 2. The third-order valence-corrected chi connectivity index (χ3v) is 4.76. The fourth-order valence-corrected chi connectivity index (χ4v) is 3.42. The van der Waals surface area contributed by atoms with Crippen molar-refractivity contribution in [1.29, 1.82) is 0 Å². The molecule has 1 aromatic rings. The van der Waals surface area contributed by atoms with Gasteiger partial charge in [-0.1, -0.05) is 18.2 Å². The molecule has 0 atom stereocenters. The van der Waals surface area contributed by atoms with E-state index in [0.717, 1.165) is 12.5 Å². The maximum absolute atomic E-state index is 3.66. The van der Waals surface area contributed by atoms with Crippen molar-refractivity contribution in [2.24, 2.45) is 5.92 Å². The molecule has 2 heteroatoms. The van der Waals surface area contributed by atoms with E-state index in [0.29, 0.717) is 0 Å². The molecule has 0 aromatic heterocycles. The second-order valence-corrected chi connectivity index (χ2v) is 6.33. The second kappa shape index (κ2) is 6.06. The number of fused-ring (bicyclic) bond motifs is 1. The van der Waals surface area contributed by atoms with E-state index in [-0.39, 0.29) is 0 Å². The molecule has 19 heavy (non-hydrogen) atoms. The first-order valence-corrected chi connectivity index (χ1v) is 7.81. The molecule has 3 rings (SSSR count). The quantitative estimate of drug-likeness (QED) is 0.893. The minimum Gasteiger partial charge on any atom is -0.312 e. The van der Waals surface area contributed by atoms with Crippen LogP contribution in [0.4, 0.5) is 0 Å². The van der Waals surface area contributed by atoms with Gasteiger partial charge in [-0.2, -0.15) is 0 Å². The van der Waals surface area contributed by atoms with Gasteiger partial charge >= 0.3 is 0 Å². The average molecular weight is 258 g/mol. The van der Waals surface area contributed by atoms with Crippen molar-refractivity contribution >= 4 is 0 Å². The van der Waals surface area contributed by atoms with Crippen molar-refractivity contribution in [1.82, 2.24) is 10.2 Å². The number of benzene rings is 1. The Balaban J connectivity index is 1.45. The molecule has 0 radical (unpaired) electrons. The molecule has 1 heterocycles. The SMILES string of the molecule is CN1CCC(CNCc2ccc3c(c2)CCC3)CC1. The third kappa shape index (κ3) is 3.37. The summed E-state index contributed by atoms with van der Waals surface area (Å²) in [5, 5.41) is 3.66. The predicted molar refractivity (Wildman–Crippen MR) is 80.4 cm³/mol. The standard InChI is InChI=1S/C17H26N2/c1-19-9-7-14(8-10-19)12-18-13-15-5-6-16-3-2-4-17(16)11-15/h5-6,11,14,18H,2-4,7-10,12-13H2,1H3. The normalized spacial score (nSPS) is 20.7. The van der Waals surface area contributed by atoms with Crippen molar-refractivity contribution in [3.63, 3.8) is 0 Å². The molecular weight excluding hydrogens is 232 g/mol. The molecule has 2 aliphatic rings. The van der Waals surface area contributed by atoms with Crippen LogP contribution in [0.25, 0.3) is 0 Å². The van der Waals surface area contributed by atoms with Crippen molar-refractivity contribution in [3.05, 3.63) is 34.9 Å². The van der Waals surface area contributed by atoms with Crippen LogP contribution >= 0.6 is 0 Å². The van der Waals surface area contributed by atoms with Gasteiger partial charge in [-0.05, 0) is 81.4 Å². The number of likely N-dealkylation sites (tertiary alicyclic amines) is 1. The third-order valence-electron chi connectivity index (χ3n) is 4.76. The Morgan fingerprint density at radius 3 is 2.79 bits per heavy atom. The molecule has 0 bridgehead atoms. The Kier molecular flexibility index (Phi) is 4.19. The summed E-state index contributed by atoms with van der Waals surface area (Å²) in [4.78, 5) is 2.44. The zero-order chi connectivity index (χ0) is 13.1. The monoisotopic (exact) mass is 258 g/mol. The predicted octanol–water partition coefficient (Wildman–Crippen LogP) is 2.61. The number of hydrogen-bond donors (Lipinski definition) is 1. The van der Waals surface area contributed by atoms with Gasteiger partial charge in [0.1, 0.15) is 0 Å². The number of aryl methyl sites for hydroxylation is 2. The van der Waals surface area contributed by atoms with Crippen LogP contribution in [0.3, 0.4) is 0 Å². The van der Waals surface area contributed by atoms with E-state index in [1.807, 2.05) is 0 Å². The average Bonchev–Trinajstić information content (AvgIpc) is 2.88. The van der Waals surface area contributed by atoms with E-state index in [9.17, 15) is 0 Å². The number of piperidine rings is 1. The highest BCUT2D eigenvalue weighted by atomic mass is 15.1. The highest BCUT2D eigenvalue weighted by Gasteiger charge is 2.16. The molecule has 0 unspecified atom stereocenters. The summed E-state index contributed by atoms with van der Waals surface area (Å²) < 4.78 is 0. The van der Waals surface area contributed by atoms with Gasteiger partial charge in [0.15, 0.2) is 0 Å². The first kappa shape index (κ1) is 13.1. The van der Waals surface area contributed by atoms with Crippen molar-refractivity contribution in [2.75, 3.05) is 26.7 Å². The summed E-state index contributed by atoms with van der Waals surface area (Å²) in [5.41, 5.74) is 4.64. The van der Waals surface area contributed by atoms with Crippen LogP contribution in [0.1, 0.15) is 36.0 Å². The zero-order valence-electron chi connectivity index (χ0n) is 12.1. The number of nitrogens with one attached hydrogen (secondary N) is 1. The van der Waals surface area contributed by atoms with E-state index in [1.54, 1.807) is 11.1 Å². The lowest BCUT2D eigenvalue weighted by atomic mass is 9.97. The Morgan fingerprint density at radius 1 is 1.16 bits per heavy atom. The van der Waals surface area contributed by atoms with Crippen molar-refractivity contribution < 1.29 is 0 Å². The first-order chi connectivity index (χ1) is 9.31. The molecule has 1 aliphatic carbocycles. The van der Waals surface area contributed by atoms with Crippen LogP contribution < -0.4 is 5.32 Å². The summed E-state index contributed by atoms with van der Waals surface area (Å²) in [5.74, 6) is 0.880. The van der Waals surface area contributed by atoms with E-state index in [1.165, 1.54) is 57.3 Å². The molecule has 0 saturated carbocycles. The lowest BCUT2D eigenvalue weighted by Gasteiger charge is -2.29. The van der Waals surface area contributed by atoms with Gasteiger partial charge in [0, 0.05) is 6.54 Å². The van der Waals surface area contributed by atoms with Gasteiger partial charge < -0.3 is 10.2 Å². The van der Waals surface area contributed by atoms with Crippen LogP contribution in [0, 0.1) is 5.92 Å². The van der Waals surface area contributed by atoms with Gasteiger partial charge in [-0.3, -0.25) is 0 Å². The van der Waals surface area contributed by atoms with E-state index in [4.69, 9.17) is 0 Å². The molecule has 1 saturated heterocycles. The molecular formula is C17H26N2. The minimum atomic E-state index is 0.880. The summed E-state index contributed by atoms with van der Waals surface area (Å²) >= 11 is 0. The topological polar surface area (TPSA) is 15.3 Å². The summed E-state index contributed by atoms with van der Waals surface area (Å²) in [6, 6.07) is 7.07. The molecule has 1 aromatic carbocycles. The number of rotatable bonds is 4. The van der Waals surface area contributed by atoms with Gasteiger partial charge in [-0.15, -0.1) is 0 Å². The maximum atomic E-state index is 3.66. The summed E-state index contributed by atoms with van der Waals surface area (Å²) in [7, 11) is 2.23. The van der Waals surface area contributed by atoms with Gasteiger partial charge in [0.25, 0.3) is 0 Å². The van der Waals surface area contributed by atoms with Gasteiger partial charge in [0.05, 0.1) is 0 Å². The maximum Gasteiger partial charge on any atom is 0.0205 e. The van der Waals surface area contributed by atoms with Crippen LogP contribution in [0.5, 0.6) is 0 Å². The van der Waals surface area contributed by atoms with Crippen LogP contribution in [-0.2, 0) is 19.4 Å². The minimum absolute atomic E-state index is 0.880. The van der Waals surface area contributed by atoms with E-state index in [2.05, 4.69) is 35.5 Å². The Morgan fingerprint density at radius 2 is 1.95 bits per heavy atom. The lowest BCUT2D eigenvalue weighted by molar-refractivity contribution is 0.216. The van der Waals surface area contributed by atoms with Gasteiger partial charge in [0.2, 0.25) is 0 Å². The highest BCUT2D eigenvalue weighted by Crippen LogP contribution is 2.22.